The molecule has 0 atom stereocenters. The van der Waals surface area contributed by atoms with Gasteiger partial charge in [0.25, 0.3) is 0 Å². The van der Waals surface area contributed by atoms with Crippen molar-refractivity contribution in [2.45, 2.75) is 38.6 Å². The Morgan fingerprint density at radius 2 is 2.26 bits per heavy atom. The van der Waals surface area contributed by atoms with E-state index in [0.29, 0.717) is 5.92 Å². The molecular weight excluding hydrogens is 238 g/mol. The van der Waals surface area contributed by atoms with Crippen LogP contribution in [0.25, 0.3) is 0 Å². The highest BCUT2D eigenvalue weighted by molar-refractivity contribution is 5.76. The Bertz CT molecular complexity index is 376. The second kappa shape index (κ2) is 7.89. The minimum absolute atomic E-state index is 0.219. The molecule has 1 fully saturated rings. The minimum atomic E-state index is 0.219. The molecule has 1 aromatic heterocycles. The molecule has 2 N–H and O–H groups in total. The van der Waals surface area contributed by atoms with Gasteiger partial charge in [-0.1, -0.05) is 12.5 Å². The van der Waals surface area contributed by atoms with Crippen molar-refractivity contribution >= 4 is 5.91 Å². The number of carbonyl (C=O) groups is 1. The highest BCUT2D eigenvalue weighted by Gasteiger charge is 2.20. The highest BCUT2D eigenvalue weighted by atomic mass is 16.1. The molecular formula is C15H23N3O. The molecule has 4 heteroatoms. The first-order chi connectivity index (χ1) is 9.34. The number of nitrogens with zero attached hydrogens (tertiary/aromatic N) is 1. The first-order valence-electron chi connectivity index (χ1n) is 7.21. The van der Waals surface area contributed by atoms with Gasteiger partial charge >= 0.3 is 0 Å². The van der Waals surface area contributed by atoms with Crippen LogP contribution in [-0.2, 0) is 11.3 Å². The maximum Gasteiger partial charge on any atom is 0.220 e. The van der Waals surface area contributed by atoms with Gasteiger partial charge in [-0.2, -0.15) is 0 Å². The van der Waals surface area contributed by atoms with E-state index in [0.717, 1.165) is 32.5 Å². The molecule has 1 aliphatic carbocycles. The van der Waals surface area contributed by atoms with Crippen molar-refractivity contribution in [2.24, 2.45) is 5.92 Å². The molecule has 1 saturated carbocycles. The molecule has 104 valence electrons. The van der Waals surface area contributed by atoms with Crippen LogP contribution in [0, 0.1) is 5.92 Å². The van der Waals surface area contributed by atoms with Gasteiger partial charge in [0.15, 0.2) is 0 Å². The molecule has 0 aliphatic heterocycles. The fourth-order valence-electron chi connectivity index (χ4n) is 2.21. The van der Waals surface area contributed by atoms with Crippen molar-refractivity contribution in [1.82, 2.24) is 15.6 Å². The van der Waals surface area contributed by atoms with E-state index in [2.05, 4.69) is 21.7 Å². The van der Waals surface area contributed by atoms with E-state index in [9.17, 15) is 4.79 Å². The van der Waals surface area contributed by atoms with Gasteiger partial charge in [0, 0.05) is 31.9 Å². The molecule has 0 aromatic carbocycles. The average Bonchev–Trinajstić information content (AvgIpc) is 2.39. The summed E-state index contributed by atoms with van der Waals surface area (Å²) < 4.78 is 0. The van der Waals surface area contributed by atoms with Crippen LogP contribution in [-0.4, -0.2) is 24.0 Å². The van der Waals surface area contributed by atoms with Gasteiger partial charge in [-0.15, -0.1) is 0 Å². The van der Waals surface area contributed by atoms with Gasteiger partial charge in [0.05, 0.1) is 0 Å². The summed E-state index contributed by atoms with van der Waals surface area (Å²) in [5.74, 6) is 0.876. The zero-order valence-corrected chi connectivity index (χ0v) is 11.4. The van der Waals surface area contributed by atoms with Crippen molar-refractivity contribution in [3.05, 3.63) is 30.1 Å². The minimum Gasteiger partial charge on any atom is -0.356 e. The fraction of sp³-hybridized carbons (Fsp3) is 0.600. The molecule has 19 heavy (non-hydrogen) atoms. The normalized spacial score (nSPS) is 14.9. The van der Waals surface area contributed by atoms with Crippen LogP contribution in [0.5, 0.6) is 0 Å². The molecule has 1 heterocycles. The van der Waals surface area contributed by atoms with E-state index in [-0.39, 0.29) is 5.91 Å². The van der Waals surface area contributed by atoms with Crippen LogP contribution >= 0.6 is 0 Å². The van der Waals surface area contributed by atoms with Crippen molar-refractivity contribution < 1.29 is 4.79 Å². The second-order valence-electron chi connectivity index (χ2n) is 5.24. The Labute approximate surface area is 115 Å². The lowest BCUT2D eigenvalue weighted by Crippen LogP contribution is -2.30. The fourth-order valence-corrected chi connectivity index (χ4v) is 2.21. The molecule has 0 radical (unpaired) electrons. The number of aromatic nitrogens is 1. The summed E-state index contributed by atoms with van der Waals surface area (Å²) in [5, 5.41) is 6.34. The average molecular weight is 261 g/mol. The number of carbonyl (C=O) groups excluding carboxylic acids is 1. The summed E-state index contributed by atoms with van der Waals surface area (Å²) in [7, 11) is 0. The Morgan fingerprint density at radius 3 is 2.95 bits per heavy atom. The zero-order chi connectivity index (χ0) is 13.3. The summed E-state index contributed by atoms with van der Waals surface area (Å²) in [6, 6.07) is 4.00. The van der Waals surface area contributed by atoms with Gasteiger partial charge in [0.2, 0.25) is 5.91 Å². The molecule has 0 spiro atoms. The van der Waals surface area contributed by atoms with Crippen LogP contribution in [0.2, 0.25) is 0 Å². The Balaban J connectivity index is 1.44. The van der Waals surface area contributed by atoms with E-state index in [1.165, 1.54) is 24.8 Å². The third-order valence-corrected chi connectivity index (χ3v) is 3.60. The Morgan fingerprint density at radius 1 is 1.37 bits per heavy atom. The molecule has 1 aliphatic rings. The van der Waals surface area contributed by atoms with Gasteiger partial charge in [0.1, 0.15) is 0 Å². The smallest absolute Gasteiger partial charge is 0.220 e. The maximum atomic E-state index is 11.6. The van der Waals surface area contributed by atoms with Crippen LogP contribution in [0.15, 0.2) is 24.5 Å². The summed E-state index contributed by atoms with van der Waals surface area (Å²) in [5.41, 5.74) is 1.19. The number of amides is 1. The predicted molar refractivity (Wildman–Crippen MR) is 75.5 cm³/mol. The van der Waals surface area contributed by atoms with Gasteiger partial charge in [-0.25, -0.2) is 0 Å². The van der Waals surface area contributed by atoms with Gasteiger partial charge in [-0.3, -0.25) is 9.78 Å². The molecule has 0 saturated heterocycles. The third-order valence-electron chi connectivity index (χ3n) is 3.60. The summed E-state index contributed by atoms with van der Waals surface area (Å²) in [4.78, 5) is 15.6. The maximum absolute atomic E-state index is 11.6. The monoisotopic (exact) mass is 261 g/mol. The third kappa shape index (κ3) is 5.39. The van der Waals surface area contributed by atoms with Crippen molar-refractivity contribution in [3.63, 3.8) is 0 Å². The molecule has 0 bridgehead atoms. The highest BCUT2D eigenvalue weighted by Crippen LogP contribution is 2.28. The van der Waals surface area contributed by atoms with E-state index in [1.807, 2.05) is 12.3 Å². The molecule has 4 nitrogen and oxygen atoms in total. The largest absolute Gasteiger partial charge is 0.356 e. The molecule has 1 amide bonds. The summed E-state index contributed by atoms with van der Waals surface area (Å²) in [6.45, 7) is 2.52. The lowest BCUT2D eigenvalue weighted by atomic mass is 9.83. The van der Waals surface area contributed by atoms with E-state index in [1.54, 1.807) is 6.20 Å². The standard InChI is InChI=1S/C15H23N3O/c19-15(10-13-4-1-5-13)18-9-3-8-17-12-14-6-2-7-16-11-14/h2,6-7,11,13,17H,1,3-5,8-10,12H2,(H,18,19). The quantitative estimate of drug-likeness (QED) is 0.702. The topological polar surface area (TPSA) is 54.0 Å². The summed E-state index contributed by atoms with van der Waals surface area (Å²) >= 11 is 0. The Hall–Kier alpha value is -1.42. The van der Waals surface area contributed by atoms with Gasteiger partial charge in [-0.05, 0) is 43.4 Å². The number of rotatable bonds is 8. The lowest BCUT2D eigenvalue weighted by molar-refractivity contribution is -0.122. The SMILES string of the molecule is O=C(CC1CCC1)NCCCNCc1cccnc1. The second-order valence-corrected chi connectivity index (χ2v) is 5.24. The van der Waals surface area contributed by atoms with Crippen LogP contribution in [0.1, 0.15) is 37.7 Å². The number of nitrogens with one attached hydrogen (secondary N) is 2. The van der Waals surface area contributed by atoms with E-state index < -0.39 is 0 Å². The lowest BCUT2D eigenvalue weighted by Gasteiger charge is -2.24. The van der Waals surface area contributed by atoms with Crippen LogP contribution in [0.4, 0.5) is 0 Å². The van der Waals surface area contributed by atoms with Gasteiger partial charge < -0.3 is 10.6 Å². The van der Waals surface area contributed by atoms with E-state index in [4.69, 9.17) is 0 Å². The molecule has 2 rings (SSSR count). The van der Waals surface area contributed by atoms with Crippen LogP contribution in [0.3, 0.4) is 0 Å². The number of hydrogen-bond acceptors (Lipinski definition) is 3. The number of hydrogen-bond donors (Lipinski definition) is 2. The van der Waals surface area contributed by atoms with Crippen molar-refractivity contribution in [1.29, 1.82) is 0 Å². The first-order valence-corrected chi connectivity index (χ1v) is 7.21. The predicted octanol–water partition coefficient (Wildman–Crippen LogP) is 1.87. The summed E-state index contributed by atoms with van der Waals surface area (Å²) in [6.07, 6.45) is 9.12. The van der Waals surface area contributed by atoms with Crippen LogP contribution < -0.4 is 10.6 Å². The molecule has 1 aromatic rings. The van der Waals surface area contributed by atoms with Crippen molar-refractivity contribution in [2.75, 3.05) is 13.1 Å². The molecule has 0 unspecified atom stereocenters. The zero-order valence-electron chi connectivity index (χ0n) is 11.4. The Kier molecular flexibility index (Phi) is 5.82. The van der Waals surface area contributed by atoms with E-state index >= 15 is 0 Å². The van der Waals surface area contributed by atoms with Crippen molar-refractivity contribution in [3.8, 4) is 0 Å². The first kappa shape index (κ1) is 14.0. The number of pyridine rings is 1.